The van der Waals surface area contributed by atoms with Gasteiger partial charge in [-0.3, -0.25) is 0 Å². The lowest BCUT2D eigenvalue weighted by atomic mass is 10.0. The van der Waals surface area contributed by atoms with Gasteiger partial charge in [0.1, 0.15) is 5.82 Å². The number of rotatable bonds is 6. The summed E-state index contributed by atoms with van der Waals surface area (Å²) < 4.78 is 2.20. The first-order chi connectivity index (χ1) is 9.28. The average Bonchev–Trinajstić information content (AvgIpc) is 2.92. The molecule has 1 aromatic carbocycles. The summed E-state index contributed by atoms with van der Waals surface area (Å²) in [6.07, 6.45) is 5.93. The van der Waals surface area contributed by atoms with Gasteiger partial charge in [-0.05, 0) is 31.5 Å². The lowest BCUT2D eigenvalue weighted by Gasteiger charge is -2.17. The Labute approximate surface area is 115 Å². The predicted octanol–water partition coefficient (Wildman–Crippen LogP) is 2.97. The summed E-state index contributed by atoms with van der Waals surface area (Å²) >= 11 is 0. The fourth-order valence-electron chi connectivity index (χ4n) is 2.37. The summed E-state index contributed by atoms with van der Waals surface area (Å²) in [4.78, 5) is 4.46. The molecule has 1 aromatic heterocycles. The van der Waals surface area contributed by atoms with Crippen LogP contribution in [-0.4, -0.2) is 16.6 Å². The van der Waals surface area contributed by atoms with Gasteiger partial charge in [0.15, 0.2) is 0 Å². The van der Waals surface area contributed by atoms with E-state index in [0.29, 0.717) is 6.04 Å². The van der Waals surface area contributed by atoms with Crippen molar-refractivity contribution in [1.82, 2.24) is 14.9 Å². The zero-order valence-corrected chi connectivity index (χ0v) is 12.1. The number of hydrogen-bond donors (Lipinski definition) is 1. The molecule has 0 radical (unpaired) electrons. The van der Waals surface area contributed by atoms with Crippen LogP contribution in [0.5, 0.6) is 0 Å². The smallest absolute Gasteiger partial charge is 0.110 e. The molecule has 0 saturated carbocycles. The monoisotopic (exact) mass is 257 g/mol. The molecule has 3 heteroatoms. The van der Waals surface area contributed by atoms with Gasteiger partial charge in [0, 0.05) is 31.4 Å². The normalized spacial score (nSPS) is 12.6. The Morgan fingerprint density at radius 1 is 1.21 bits per heavy atom. The maximum absolute atomic E-state index is 4.46. The molecule has 0 bridgehead atoms. The van der Waals surface area contributed by atoms with E-state index in [0.717, 1.165) is 25.2 Å². The molecule has 0 saturated heterocycles. The molecule has 1 N–H and O–H groups in total. The van der Waals surface area contributed by atoms with Crippen LogP contribution in [-0.2, 0) is 19.4 Å². The van der Waals surface area contributed by atoms with Gasteiger partial charge in [-0.1, -0.05) is 31.2 Å². The van der Waals surface area contributed by atoms with Gasteiger partial charge < -0.3 is 9.88 Å². The molecule has 2 rings (SSSR count). The summed E-state index contributed by atoms with van der Waals surface area (Å²) in [6.45, 7) is 5.30. The van der Waals surface area contributed by atoms with Crippen molar-refractivity contribution in [2.45, 2.75) is 39.3 Å². The summed E-state index contributed by atoms with van der Waals surface area (Å²) in [5, 5.41) is 3.39. The fraction of sp³-hybridized carbons (Fsp3) is 0.438. The molecule has 19 heavy (non-hydrogen) atoms. The number of aromatic nitrogens is 2. The molecule has 1 atom stereocenters. The van der Waals surface area contributed by atoms with E-state index in [-0.39, 0.29) is 0 Å². The van der Waals surface area contributed by atoms with Crippen LogP contribution in [0, 0.1) is 0 Å². The van der Waals surface area contributed by atoms with Gasteiger partial charge in [0.25, 0.3) is 0 Å². The molecule has 1 heterocycles. The minimum absolute atomic E-state index is 0.318. The number of aryl methyl sites for hydroxylation is 2. The average molecular weight is 257 g/mol. The second kappa shape index (κ2) is 6.53. The van der Waals surface area contributed by atoms with Crippen molar-refractivity contribution in [3.05, 3.63) is 53.6 Å². The van der Waals surface area contributed by atoms with Crippen LogP contribution < -0.4 is 5.32 Å². The van der Waals surface area contributed by atoms with E-state index in [2.05, 4.69) is 53.0 Å². The Morgan fingerprint density at radius 3 is 2.53 bits per heavy atom. The van der Waals surface area contributed by atoms with Gasteiger partial charge in [-0.25, -0.2) is 4.98 Å². The second-order valence-electron chi connectivity index (χ2n) is 4.77. The standard InChI is InChI=1S/C16H23N3/c1-4-13-6-8-14(9-7-13)15(17-3)12-16-18-10-11-19(16)5-2/h6-11,15,17H,4-5,12H2,1-3H3. The molecule has 0 spiro atoms. The Balaban J connectivity index is 2.15. The van der Waals surface area contributed by atoms with Gasteiger partial charge in [-0.2, -0.15) is 0 Å². The molecule has 1 unspecified atom stereocenters. The number of likely N-dealkylation sites (N-methyl/N-ethyl adjacent to an activating group) is 1. The van der Waals surface area contributed by atoms with Crippen molar-refractivity contribution in [2.24, 2.45) is 0 Å². The van der Waals surface area contributed by atoms with Crippen LogP contribution >= 0.6 is 0 Å². The van der Waals surface area contributed by atoms with Gasteiger partial charge in [-0.15, -0.1) is 0 Å². The van der Waals surface area contributed by atoms with Crippen LogP contribution in [0.25, 0.3) is 0 Å². The molecular formula is C16H23N3. The SMILES string of the molecule is CCc1ccc(C(Cc2nccn2CC)NC)cc1. The third kappa shape index (κ3) is 3.24. The van der Waals surface area contributed by atoms with E-state index in [1.54, 1.807) is 0 Å². The molecular weight excluding hydrogens is 234 g/mol. The molecule has 3 nitrogen and oxygen atoms in total. The second-order valence-corrected chi connectivity index (χ2v) is 4.77. The van der Waals surface area contributed by atoms with E-state index >= 15 is 0 Å². The van der Waals surface area contributed by atoms with Crippen molar-refractivity contribution in [1.29, 1.82) is 0 Å². The molecule has 0 fully saturated rings. The first kappa shape index (κ1) is 13.8. The van der Waals surface area contributed by atoms with Crippen LogP contribution in [0.3, 0.4) is 0 Å². The first-order valence-electron chi connectivity index (χ1n) is 7.04. The van der Waals surface area contributed by atoms with Crippen LogP contribution in [0.1, 0.15) is 36.8 Å². The fourth-order valence-corrected chi connectivity index (χ4v) is 2.37. The molecule has 0 aliphatic heterocycles. The van der Waals surface area contributed by atoms with Crippen LogP contribution in [0.2, 0.25) is 0 Å². The summed E-state index contributed by atoms with van der Waals surface area (Å²) in [5.74, 6) is 1.14. The van der Waals surface area contributed by atoms with E-state index < -0.39 is 0 Å². The maximum Gasteiger partial charge on any atom is 0.110 e. The van der Waals surface area contributed by atoms with E-state index in [9.17, 15) is 0 Å². The van der Waals surface area contributed by atoms with E-state index in [1.165, 1.54) is 11.1 Å². The molecule has 0 amide bonds. The molecule has 0 aliphatic carbocycles. The Morgan fingerprint density at radius 2 is 1.95 bits per heavy atom. The summed E-state index contributed by atoms with van der Waals surface area (Å²) in [6, 6.07) is 9.19. The van der Waals surface area contributed by atoms with Crippen molar-refractivity contribution < 1.29 is 0 Å². The van der Waals surface area contributed by atoms with Crippen LogP contribution in [0.4, 0.5) is 0 Å². The van der Waals surface area contributed by atoms with E-state index in [4.69, 9.17) is 0 Å². The Kier molecular flexibility index (Phi) is 4.74. The zero-order chi connectivity index (χ0) is 13.7. The number of imidazole rings is 1. The number of nitrogens with zero attached hydrogens (tertiary/aromatic N) is 2. The summed E-state index contributed by atoms with van der Waals surface area (Å²) in [7, 11) is 2.01. The molecule has 2 aromatic rings. The summed E-state index contributed by atoms with van der Waals surface area (Å²) in [5.41, 5.74) is 2.71. The minimum atomic E-state index is 0.318. The first-order valence-corrected chi connectivity index (χ1v) is 7.04. The van der Waals surface area contributed by atoms with Gasteiger partial charge in [0.2, 0.25) is 0 Å². The number of benzene rings is 1. The number of nitrogens with one attached hydrogen (secondary N) is 1. The Bertz CT molecular complexity index is 499. The highest BCUT2D eigenvalue weighted by molar-refractivity contribution is 5.25. The largest absolute Gasteiger partial charge is 0.335 e. The third-order valence-corrected chi connectivity index (χ3v) is 3.67. The quantitative estimate of drug-likeness (QED) is 0.862. The van der Waals surface area contributed by atoms with E-state index in [1.807, 2.05) is 19.4 Å². The van der Waals surface area contributed by atoms with Gasteiger partial charge >= 0.3 is 0 Å². The van der Waals surface area contributed by atoms with Gasteiger partial charge in [0.05, 0.1) is 0 Å². The lowest BCUT2D eigenvalue weighted by Crippen LogP contribution is -2.20. The highest BCUT2D eigenvalue weighted by Gasteiger charge is 2.13. The van der Waals surface area contributed by atoms with Crippen molar-refractivity contribution in [3.8, 4) is 0 Å². The molecule has 0 aliphatic rings. The highest BCUT2D eigenvalue weighted by Crippen LogP contribution is 2.18. The van der Waals surface area contributed by atoms with Crippen molar-refractivity contribution in [3.63, 3.8) is 0 Å². The van der Waals surface area contributed by atoms with Crippen LogP contribution in [0.15, 0.2) is 36.7 Å². The lowest BCUT2D eigenvalue weighted by molar-refractivity contribution is 0.553. The number of hydrogen-bond acceptors (Lipinski definition) is 2. The topological polar surface area (TPSA) is 29.9 Å². The highest BCUT2D eigenvalue weighted by atomic mass is 15.1. The van der Waals surface area contributed by atoms with Crippen molar-refractivity contribution >= 4 is 0 Å². The third-order valence-electron chi connectivity index (χ3n) is 3.67. The zero-order valence-electron chi connectivity index (χ0n) is 12.1. The maximum atomic E-state index is 4.46. The molecule has 102 valence electrons. The Hall–Kier alpha value is -1.61. The van der Waals surface area contributed by atoms with Crippen molar-refractivity contribution in [2.75, 3.05) is 7.05 Å². The predicted molar refractivity (Wildman–Crippen MR) is 79.2 cm³/mol. The minimum Gasteiger partial charge on any atom is -0.335 e.